The number of hydrogen-bond acceptors (Lipinski definition) is 4. The smallest absolute Gasteiger partial charge is 0.293 e. The predicted octanol–water partition coefficient (Wildman–Crippen LogP) is 3.74. The highest BCUT2D eigenvalue weighted by atomic mass is 32.2. The number of halogens is 2. The van der Waals surface area contributed by atoms with Crippen molar-refractivity contribution in [2.75, 3.05) is 13.1 Å². The molecule has 0 aliphatic carbocycles. The quantitative estimate of drug-likeness (QED) is 0.774. The van der Waals surface area contributed by atoms with Crippen molar-refractivity contribution >= 4 is 34.9 Å². The molecule has 1 aliphatic heterocycles. The van der Waals surface area contributed by atoms with Crippen molar-refractivity contribution < 1.29 is 23.2 Å². The molecule has 0 unspecified atom stereocenters. The van der Waals surface area contributed by atoms with E-state index >= 15 is 0 Å². The Balaban J connectivity index is 1.59. The molecule has 2 aromatic rings. The van der Waals surface area contributed by atoms with Crippen LogP contribution in [0.1, 0.15) is 21.5 Å². The van der Waals surface area contributed by atoms with Crippen LogP contribution in [-0.2, 0) is 4.79 Å². The number of nitrogens with zero attached hydrogens (tertiary/aromatic N) is 1. The molecule has 3 amide bonds. The van der Waals surface area contributed by atoms with Gasteiger partial charge in [-0.2, -0.15) is 0 Å². The van der Waals surface area contributed by atoms with E-state index in [-0.39, 0.29) is 18.0 Å². The van der Waals surface area contributed by atoms with E-state index in [0.29, 0.717) is 16.7 Å². The van der Waals surface area contributed by atoms with Gasteiger partial charge in [-0.25, -0.2) is 8.78 Å². The Morgan fingerprint density at radius 2 is 1.86 bits per heavy atom. The summed E-state index contributed by atoms with van der Waals surface area (Å²) in [6.07, 6.45) is 1.52. The van der Waals surface area contributed by atoms with E-state index in [0.717, 1.165) is 16.7 Å². The Morgan fingerprint density at radius 3 is 2.54 bits per heavy atom. The summed E-state index contributed by atoms with van der Waals surface area (Å²) < 4.78 is 26.2. The summed E-state index contributed by atoms with van der Waals surface area (Å²) in [5.74, 6) is -1.68. The molecule has 0 radical (unpaired) electrons. The van der Waals surface area contributed by atoms with Gasteiger partial charge in [0, 0.05) is 18.7 Å². The zero-order chi connectivity index (χ0) is 20.3. The van der Waals surface area contributed by atoms with Gasteiger partial charge in [0.1, 0.15) is 11.6 Å². The van der Waals surface area contributed by atoms with Crippen molar-refractivity contribution in [3.8, 4) is 0 Å². The Kier molecular flexibility index (Phi) is 5.89. The number of benzene rings is 2. The number of imide groups is 1. The maximum Gasteiger partial charge on any atom is 0.293 e. The van der Waals surface area contributed by atoms with Crippen molar-refractivity contribution in [2.24, 2.45) is 0 Å². The molecule has 0 spiro atoms. The van der Waals surface area contributed by atoms with Crippen molar-refractivity contribution in [3.05, 3.63) is 75.7 Å². The van der Waals surface area contributed by atoms with Crippen LogP contribution in [0.4, 0.5) is 13.6 Å². The van der Waals surface area contributed by atoms with E-state index in [1.165, 1.54) is 48.5 Å². The van der Waals surface area contributed by atoms with E-state index in [1.807, 2.05) is 0 Å². The highest BCUT2D eigenvalue weighted by molar-refractivity contribution is 8.18. The van der Waals surface area contributed by atoms with Crippen LogP contribution in [0.25, 0.3) is 6.08 Å². The van der Waals surface area contributed by atoms with Gasteiger partial charge in [0.2, 0.25) is 0 Å². The van der Waals surface area contributed by atoms with E-state index in [4.69, 9.17) is 0 Å². The predicted molar refractivity (Wildman–Crippen MR) is 103 cm³/mol. The lowest BCUT2D eigenvalue weighted by atomic mass is 10.1. The Bertz CT molecular complexity index is 974. The number of carbonyl (C=O) groups excluding carboxylic acids is 3. The van der Waals surface area contributed by atoms with E-state index < -0.39 is 28.7 Å². The molecule has 2 aromatic carbocycles. The normalized spacial score (nSPS) is 15.4. The summed E-state index contributed by atoms with van der Waals surface area (Å²) in [4.78, 5) is 37.9. The van der Waals surface area contributed by atoms with Gasteiger partial charge >= 0.3 is 0 Å². The summed E-state index contributed by atoms with van der Waals surface area (Å²) in [5.41, 5.74) is 1.25. The summed E-state index contributed by atoms with van der Waals surface area (Å²) >= 11 is 0.790. The molecule has 1 saturated heterocycles. The molecule has 1 heterocycles. The molecule has 8 heteroatoms. The second-order valence-electron chi connectivity index (χ2n) is 6.10. The summed E-state index contributed by atoms with van der Waals surface area (Å²) in [6.45, 7) is 1.63. The highest BCUT2D eigenvalue weighted by Crippen LogP contribution is 2.31. The van der Waals surface area contributed by atoms with Crippen molar-refractivity contribution in [2.45, 2.75) is 6.92 Å². The van der Waals surface area contributed by atoms with Gasteiger partial charge in [-0.05, 0) is 66.2 Å². The van der Waals surface area contributed by atoms with Gasteiger partial charge in [0.05, 0.1) is 4.91 Å². The number of aryl methyl sites for hydroxylation is 1. The molecule has 5 nitrogen and oxygen atoms in total. The van der Waals surface area contributed by atoms with Crippen LogP contribution in [0, 0.1) is 18.6 Å². The van der Waals surface area contributed by atoms with Crippen LogP contribution in [0.15, 0.2) is 47.4 Å². The van der Waals surface area contributed by atoms with Gasteiger partial charge in [-0.1, -0.05) is 12.1 Å². The highest BCUT2D eigenvalue weighted by Gasteiger charge is 2.34. The second-order valence-corrected chi connectivity index (χ2v) is 7.10. The SMILES string of the molecule is Cc1cc(C(=O)NCCN2C(=O)SC(=Cc3ccc(F)cc3)C2=O)ccc1F. The third-order valence-electron chi connectivity index (χ3n) is 4.08. The number of thioether (sulfide) groups is 1. The van der Waals surface area contributed by atoms with Crippen LogP contribution in [0.5, 0.6) is 0 Å². The van der Waals surface area contributed by atoms with Crippen molar-refractivity contribution in [3.63, 3.8) is 0 Å². The Hall–Kier alpha value is -3.00. The van der Waals surface area contributed by atoms with Crippen LogP contribution in [-0.4, -0.2) is 35.0 Å². The topological polar surface area (TPSA) is 66.5 Å². The maximum atomic E-state index is 13.3. The van der Waals surface area contributed by atoms with Crippen LogP contribution in [0.3, 0.4) is 0 Å². The average molecular weight is 402 g/mol. The first-order valence-electron chi connectivity index (χ1n) is 8.40. The minimum absolute atomic E-state index is 0.0113. The first kappa shape index (κ1) is 19.8. The maximum absolute atomic E-state index is 13.3. The zero-order valence-electron chi connectivity index (χ0n) is 14.9. The summed E-state index contributed by atoms with van der Waals surface area (Å²) in [5, 5.41) is 2.17. The lowest BCUT2D eigenvalue weighted by Crippen LogP contribution is -2.37. The summed E-state index contributed by atoms with van der Waals surface area (Å²) in [6, 6.07) is 9.55. The minimum atomic E-state index is -0.466. The number of carbonyl (C=O) groups is 3. The second kappa shape index (κ2) is 8.35. The number of hydrogen-bond donors (Lipinski definition) is 1. The molecule has 0 aromatic heterocycles. The molecule has 1 fully saturated rings. The first-order valence-corrected chi connectivity index (χ1v) is 9.22. The third-order valence-corrected chi connectivity index (χ3v) is 4.99. The molecule has 28 heavy (non-hydrogen) atoms. The van der Waals surface area contributed by atoms with Crippen molar-refractivity contribution in [1.82, 2.24) is 10.2 Å². The lowest BCUT2D eigenvalue weighted by Gasteiger charge is -2.13. The largest absolute Gasteiger partial charge is 0.350 e. The molecular weight excluding hydrogens is 386 g/mol. The zero-order valence-corrected chi connectivity index (χ0v) is 15.7. The van der Waals surface area contributed by atoms with Crippen molar-refractivity contribution in [1.29, 1.82) is 0 Å². The first-order chi connectivity index (χ1) is 13.3. The molecule has 1 aliphatic rings. The van der Waals surface area contributed by atoms with Crippen LogP contribution >= 0.6 is 11.8 Å². The Morgan fingerprint density at radius 1 is 1.14 bits per heavy atom. The Labute approximate surface area is 164 Å². The van der Waals surface area contributed by atoms with Gasteiger partial charge in [0.25, 0.3) is 17.1 Å². The van der Waals surface area contributed by atoms with Gasteiger partial charge in [-0.15, -0.1) is 0 Å². The molecule has 0 bridgehead atoms. The fraction of sp³-hybridized carbons (Fsp3) is 0.150. The number of amides is 3. The fourth-order valence-electron chi connectivity index (χ4n) is 2.57. The lowest BCUT2D eigenvalue weighted by molar-refractivity contribution is -0.122. The number of rotatable bonds is 5. The standard InChI is InChI=1S/C20H16F2N2O3S/c1-12-10-14(4-7-16(12)22)18(25)23-8-9-24-19(26)17(28-20(24)27)11-13-2-5-15(21)6-3-13/h2-7,10-11H,8-9H2,1H3,(H,23,25). The molecular formula is C20H16F2N2O3S. The third kappa shape index (κ3) is 4.45. The van der Waals surface area contributed by atoms with E-state index in [1.54, 1.807) is 6.92 Å². The van der Waals surface area contributed by atoms with E-state index in [2.05, 4.69) is 5.32 Å². The van der Waals surface area contributed by atoms with Gasteiger partial charge < -0.3 is 5.32 Å². The van der Waals surface area contributed by atoms with Crippen LogP contribution in [0.2, 0.25) is 0 Å². The molecule has 3 rings (SSSR count). The van der Waals surface area contributed by atoms with E-state index in [9.17, 15) is 23.2 Å². The minimum Gasteiger partial charge on any atom is -0.350 e. The summed E-state index contributed by atoms with van der Waals surface area (Å²) in [7, 11) is 0. The van der Waals surface area contributed by atoms with Gasteiger partial charge in [0.15, 0.2) is 0 Å². The molecule has 0 saturated carbocycles. The monoisotopic (exact) mass is 402 g/mol. The van der Waals surface area contributed by atoms with Crippen LogP contribution < -0.4 is 5.32 Å². The average Bonchev–Trinajstić information content (AvgIpc) is 2.93. The number of nitrogens with one attached hydrogen (secondary N) is 1. The van der Waals surface area contributed by atoms with Gasteiger partial charge in [-0.3, -0.25) is 19.3 Å². The fourth-order valence-corrected chi connectivity index (χ4v) is 3.44. The molecule has 144 valence electrons. The molecule has 1 N–H and O–H groups in total. The molecule has 0 atom stereocenters.